The molecule has 2 aromatic rings. The molecule has 0 bridgehead atoms. The summed E-state index contributed by atoms with van der Waals surface area (Å²) in [4.78, 5) is 6.96. The Labute approximate surface area is 134 Å². The first-order valence-electron chi connectivity index (χ1n) is 7.25. The highest BCUT2D eigenvalue weighted by molar-refractivity contribution is 7.99. The van der Waals surface area contributed by atoms with Crippen molar-refractivity contribution in [3.63, 3.8) is 0 Å². The van der Waals surface area contributed by atoms with Crippen molar-refractivity contribution < 1.29 is 0 Å². The van der Waals surface area contributed by atoms with Gasteiger partial charge in [-0.1, -0.05) is 17.7 Å². The van der Waals surface area contributed by atoms with Crippen LogP contribution in [0.2, 0.25) is 5.02 Å². The van der Waals surface area contributed by atoms with E-state index in [4.69, 9.17) is 17.3 Å². The van der Waals surface area contributed by atoms with Crippen LogP contribution >= 0.6 is 23.4 Å². The topological polar surface area (TPSA) is 42.1 Å². The second kappa shape index (κ2) is 6.53. The van der Waals surface area contributed by atoms with Crippen molar-refractivity contribution in [2.75, 3.05) is 25.1 Å². The van der Waals surface area contributed by atoms with Crippen molar-refractivity contribution in [3.05, 3.63) is 41.0 Å². The lowest BCUT2D eigenvalue weighted by atomic mass is 10.00. The highest BCUT2D eigenvalue weighted by Gasteiger charge is 2.27. The Morgan fingerprint density at radius 2 is 2.33 bits per heavy atom. The molecule has 5 heteroatoms. The highest BCUT2D eigenvalue weighted by atomic mass is 35.5. The molecule has 3 rings (SSSR count). The Hall–Kier alpha value is -0.810. The third-order valence-electron chi connectivity index (χ3n) is 4.30. The van der Waals surface area contributed by atoms with Crippen molar-refractivity contribution in [2.24, 2.45) is 5.73 Å². The quantitative estimate of drug-likeness (QED) is 0.938. The third kappa shape index (κ3) is 2.90. The molecule has 0 radical (unpaired) electrons. The molecule has 1 aliphatic rings. The first kappa shape index (κ1) is 15.1. The fraction of sp³-hybridized carbons (Fsp3) is 0.438. The Kier molecular flexibility index (Phi) is 4.69. The van der Waals surface area contributed by atoms with Crippen LogP contribution in [0.1, 0.15) is 18.0 Å². The number of nitrogens with two attached hydrogens (primary N) is 1. The van der Waals surface area contributed by atoms with E-state index in [9.17, 15) is 0 Å². The molecule has 2 heterocycles. The monoisotopic (exact) mass is 321 g/mol. The number of halogens is 1. The standard InChI is InChI=1S/C16H20ClN3S/c1-20(11-6-8-21-10-11)15(9-18)13-4-5-14(17)12-3-2-7-19-16(12)13/h2-5,7,11,15H,6,8-10,18H2,1H3. The van der Waals surface area contributed by atoms with Gasteiger partial charge in [-0.3, -0.25) is 9.88 Å². The zero-order chi connectivity index (χ0) is 14.8. The van der Waals surface area contributed by atoms with E-state index >= 15 is 0 Å². The number of nitrogens with zero attached hydrogens (tertiary/aromatic N) is 2. The number of fused-ring (bicyclic) bond motifs is 1. The van der Waals surface area contributed by atoms with Crippen molar-refractivity contribution >= 4 is 34.3 Å². The lowest BCUT2D eigenvalue weighted by Gasteiger charge is -2.32. The normalized spacial score (nSPS) is 20.3. The summed E-state index contributed by atoms with van der Waals surface area (Å²) < 4.78 is 0. The van der Waals surface area contributed by atoms with Gasteiger partial charge in [-0.25, -0.2) is 0 Å². The predicted molar refractivity (Wildman–Crippen MR) is 92.0 cm³/mol. The molecule has 2 atom stereocenters. The first-order valence-corrected chi connectivity index (χ1v) is 8.78. The van der Waals surface area contributed by atoms with E-state index in [-0.39, 0.29) is 6.04 Å². The molecule has 0 saturated carbocycles. The van der Waals surface area contributed by atoms with Gasteiger partial charge in [-0.15, -0.1) is 0 Å². The van der Waals surface area contributed by atoms with Gasteiger partial charge >= 0.3 is 0 Å². The third-order valence-corrected chi connectivity index (χ3v) is 5.78. The van der Waals surface area contributed by atoms with Crippen LogP contribution in [-0.4, -0.2) is 41.0 Å². The molecule has 112 valence electrons. The number of pyridine rings is 1. The van der Waals surface area contributed by atoms with Gasteiger partial charge in [0.15, 0.2) is 0 Å². The maximum Gasteiger partial charge on any atom is 0.0765 e. The number of likely N-dealkylation sites (N-methyl/N-ethyl adjacent to an activating group) is 1. The summed E-state index contributed by atoms with van der Waals surface area (Å²) in [5, 5.41) is 1.75. The molecule has 1 saturated heterocycles. The summed E-state index contributed by atoms with van der Waals surface area (Å²) in [6.07, 6.45) is 3.05. The van der Waals surface area contributed by atoms with Crippen LogP contribution in [0.5, 0.6) is 0 Å². The maximum atomic E-state index is 6.30. The lowest BCUT2D eigenvalue weighted by molar-refractivity contribution is 0.194. The number of aromatic nitrogens is 1. The minimum atomic E-state index is 0.184. The number of benzene rings is 1. The van der Waals surface area contributed by atoms with E-state index in [0.29, 0.717) is 12.6 Å². The zero-order valence-corrected chi connectivity index (χ0v) is 13.7. The highest BCUT2D eigenvalue weighted by Crippen LogP contribution is 2.33. The summed E-state index contributed by atoms with van der Waals surface area (Å²) >= 11 is 8.32. The number of hydrogen-bond donors (Lipinski definition) is 1. The minimum Gasteiger partial charge on any atom is -0.329 e. The molecule has 2 N–H and O–H groups in total. The van der Waals surface area contributed by atoms with Gasteiger partial charge in [0, 0.05) is 41.0 Å². The molecule has 1 aromatic carbocycles. The number of hydrogen-bond acceptors (Lipinski definition) is 4. The van der Waals surface area contributed by atoms with E-state index in [1.165, 1.54) is 23.5 Å². The lowest BCUT2D eigenvalue weighted by Crippen LogP contribution is -2.38. The average Bonchev–Trinajstić information content (AvgIpc) is 3.04. The smallest absolute Gasteiger partial charge is 0.0765 e. The van der Waals surface area contributed by atoms with E-state index < -0.39 is 0 Å². The summed E-state index contributed by atoms with van der Waals surface area (Å²) in [5.74, 6) is 2.43. The van der Waals surface area contributed by atoms with Crippen LogP contribution in [0, 0.1) is 0 Å². The van der Waals surface area contributed by atoms with E-state index in [1.807, 2.05) is 36.2 Å². The molecule has 0 aliphatic carbocycles. The van der Waals surface area contributed by atoms with Crippen LogP contribution in [0.4, 0.5) is 0 Å². The molecule has 0 spiro atoms. The van der Waals surface area contributed by atoms with Gasteiger partial charge in [0.05, 0.1) is 5.52 Å². The molecular weight excluding hydrogens is 302 g/mol. The molecule has 2 unspecified atom stereocenters. The Balaban J connectivity index is 2.02. The first-order chi connectivity index (χ1) is 10.2. The summed E-state index contributed by atoms with van der Waals surface area (Å²) in [5.41, 5.74) is 8.24. The van der Waals surface area contributed by atoms with Gasteiger partial charge in [0.2, 0.25) is 0 Å². The molecule has 0 amide bonds. The van der Waals surface area contributed by atoms with Crippen LogP contribution in [0.15, 0.2) is 30.5 Å². The largest absolute Gasteiger partial charge is 0.329 e. The fourth-order valence-electron chi connectivity index (χ4n) is 3.04. The summed E-state index contributed by atoms with van der Waals surface area (Å²) in [7, 11) is 2.18. The van der Waals surface area contributed by atoms with Crippen molar-refractivity contribution in [3.8, 4) is 0 Å². The molecular formula is C16H20ClN3S. The van der Waals surface area contributed by atoms with Gasteiger partial charge in [-0.05, 0) is 43.0 Å². The van der Waals surface area contributed by atoms with Gasteiger partial charge < -0.3 is 5.73 Å². The SMILES string of the molecule is CN(C1CCSC1)C(CN)c1ccc(Cl)c2cccnc12. The van der Waals surface area contributed by atoms with Crippen LogP contribution in [0.25, 0.3) is 10.9 Å². The van der Waals surface area contributed by atoms with Gasteiger partial charge in [0.1, 0.15) is 0 Å². The van der Waals surface area contributed by atoms with Crippen molar-refractivity contribution in [2.45, 2.75) is 18.5 Å². The van der Waals surface area contributed by atoms with Gasteiger partial charge in [-0.2, -0.15) is 11.8 Å². The Morgan fingerprint density at radius 3 is 3.05 bits per heavy atom. The molecule has 1 aromatic heterocycles. The van der Waals surface area contributed by atoms with Crippen molar-refractivity contribution in [1.82, 2.24) is 9.88 Å². The summed E-state index contributed by atoms with van der Waals surface area (Å²) in [6, 6.07) is 8.76. The zero-order valence-electron chi connectivity index (χ0n) is 12.1. The number of thioether (sulfide) groups is 1. The molecule has 1 fully saturated rings. The maximum absolute atomic E-state index is 6.30. The second-order valence-electron chi connectivity index (χ2n) is 5.47. The molecule has 1 aliphatic heterocycles. The van der Waals surface area contributed by atoms with Crippen molar-refractivity contribution in [1.29, 1.82) is 0 Å². The minimum absolute atomic E-state index is 0.184. The number of rotatable bonds is 4. The Bertz CT molecular complexity index is 628. The Morgan fingerprint density at radius 1 is 1.48 bits per heavy atom. The van der Waals surface area contributed by atoms with Crippen LogP contribution < -0.4 is 5.73 Å². The predicted octanol–water partition coefficient (Wildman–Crippen LogP) is 3.33. The molecule has 3 nitrogen and oxygen atoms in total. The fourth-order valence-corrected chi connectivity index (χ4v) is 4.53. The second-order valence-corrected chi connectivity index (χ2v) is 7.03. The average molecular weight is 322 g/mol. The summed E-state index contributed by atoms with van der Waals surface area (Å²) in [6.45, 7) is 0.588. The van der Waals surface area contributed by atoms with E-state index in [0.717, 1.165) is 15.9 Å². The van der Waals surface area contributed by atoms with E-state index in [1.54, 1.807) is 0 Å². The van der Waals surface area contributed by atoms with Crippen LogP contribution in [0.3, 0.4) is 0 Å². The van der Waals surface area contributed by atoms with Crippen LogP contribution in [-0.2, 0) is 0 Å². The molecule has 21 heavy (non-hydrogen) atoms. The van der Waals surface area contributed by atoms with Gasteiger partial charge in [0.25, 0.3) is 0 Å². The van der Waals surface area contributed by atoms with E-state index in [2.05, 4.69) is 23.0 Å².